The number of rotatable bonds is 5. The molecule has 124 valence electrons. The summed E-state index contributed by atoms with van der Waals surface area (Å²) in [4.78, 5) is 18.9. The van der Waals surface area contributed by atoms with Crippen molar-refractivity contribution in [1.82, 2.24) is 15.5 Å². The first-order valence-corrected chi connectivity index (χ1v) is 8.30. The van der Waals surface area contributed by atoms with Gasteiger partial charge in [-0.05, 0) is 24.3 Å². The fourth-order valence-corrected chi connectivity index (χ4v) is 2.93. The molecule has 0 saturated heterocycles. The largest absolute Gasteiger partial charge is 0.354 e. The van der Waals surface area contributed by atoms with E-state index in [2.05, 4.69) is 27.1 Å². The molecule has 0 bridgehead atoms. The van der Waals surface area contributed by atoms with Crippen LogP contribution >= 0.6 is 35.3 Å². The molecule has 1 aliphatic carbocycles. The number of amides is 1. The number of nitrogens with one attached hydrogen (secondary N) is 2. The first-order valence-electron chi connectivity index (χ1n) is 7.42. The van der Waals surface area contributed by atoms with Gasteiger partial charge in [-0.15, -0.1) is 35.3 Å². The molecule has 1 saturated carbocycles. The van der Waals surface area contributed by atoms with E-state index in [1.165, 1.54) is 30.6 Å². The van der Waals surface area contributed by atoms with Crippen LogP contribution in [0.1, 0.15) is 30.6 Å². The number of halogens is 1. The minimum absolute atomic E-state index is 0. The fraction of sp³-hybridized carbons (Fsp3) is 0.600. The molecule has 0 radical (unpaired) electrons. The molecule has 1 aliphatic rings. The minimum atomic E-state index is 0. The zero-order valence-corrected chi connectivity index (χ0v) is 16.3. The number of carbonyl (C=O) groups excluding carboxylic acids is 1. The van der Waals surface area contributed by atoms with E-state index in [9.17, 15) is 4.79 Å². The highest BCUT2D eigenvalue weighted by molar-refractivity contribution is 14.0. The predicted molar refractivity (Wildman–Crippen MR) is 103 cm³/mol. The van der Waals surface area contributed by atoms with Gasteiger partial charge in [0.25, 0.3) is 0 Å². The number of hydrogen-bond acceptors (Lipinski definition) is 3. The van der Waals surface area contributed by atoms with Gasteiger partial charge in [0.1, 0.15) is 6.54 Å². The van der Waals surface area contributed by atoms with E-state index in [4.69, 9.17) is 0 Å². The van der Waals surface area contributed by atoms with Crippen molar-refractivity contribution in [3.63, 3.8) is 0 Å². The van der Waals surface area contributed by atoms with Gasteiger partial charge in [-0.2, -0.15) is 0 Å². The van der Waals surface area contributed by atoms with E-state index in [1.807, 2.05) is 6.07 Å². The van der Waals surface area contributed by atoms with Crippen LogP contribution in [-0.2, 0) is 11.3 Å². The first kappa shape index (κ1) is 19.2. The number of carbonyl (C=O) groups is 1. The highest BCUT2D eigenvalue weighted by Gasteiger charge is 2.16. The molecular formula is C15H25IN4OS. The van der Waals surface area contributed by atoms with Gasteiger partial charge in [-0.25, -0.2) is 4.99 Å². The fourth-order valence-electron chi connectivity index (χ4n) is 2.29. The van der Waals surface area contributed by atoms with Crippen LogP contribution in [-0.4, -0.2) is 43.4 Å². The Morgan fingerprint density at radius 3 is 2.73 bits per heavy atom. The van der Waals surface area contributed by atoms with Gasteiger partial charge in [0.05, 0.1) is 6.54 Å². The van der Waals surface area contributed by atoms with Crippen LogP contribution < -0.4 is 10.6 Å². The lowest BCUT2D eigenvalue weighted by Crippen LogP contribution is -2.42. The standard InChI is InChI=1S/C15H24N4OS.HI/c1-19(2)14(20)11-17-15(18-12-6-3-4-7-12)16-10-13-8-5-9-21-13;/h5,8-9,12H,3-4,6-7,10-11H2,1-2H3,(H2,16,17,18);1H. The second-order valence-electron chi connectivity index (χ2n) is 5.51. The zero-order valence-electron chi connectivity index (χ0n) is 13.2. The van der Waals surface area contributed by atoms with Crippen molar-refractivity contribution in [2.24, 2.45) is 4.99 Å². The van der Waals surface area contributed by atoms with Crippen LogP contribution in [0, 0.1) is 0 Å². The Labute approximate surface area is 153 Å². The molecule has 0 aromatic carbocycles. The maximum absolute atomic E-state index is 11.7. The summed E-state index contributed by atoms with van der Waals surface area (Å²) < 4.78 is 0. The third kappa shape index (κ3) is 6.51. The molecule has 0 atom stereocenters. The van der Waals surface area contributed by atoms with Crippen LogP contribution in [0.3, 0.4) is 0 Å². The summed E-state index contributed by atoms with van der Waals surface area (Å²) in [6.07, 6.45) is 4.90. The Bertz CT molecular complexity index is 470. The summed E-state index contributed by atoms with van der Waals surface area (Å²) in [5, 5.41) is 8.83. The van der Waals surface area contributed by atoms with Crippen molar-refractivity contribution in [2.45, 2.75) is 38.3 Å². The van der Waals surface area contributed by atoms with Crippen molar-refractivity contribution in [3.05, 3.63) is 22.4 Å². The van der Waals surface area contributed by atoms with Crippen molar-refractivity contribution in [1.29, 1.82) is 0 Å². The third-order valence-corrected chi connectivity index (χ3v) is 4.45. The number of nitrogens with zero attached hydrogens (tertiary/aromatic N) is 2. The lowest BCUT2D eigenvalue weighted by Gasteiger charge is -2.17. The van der Waals surface area contributed by atoms with Crippen molar-refractivity contribution in [3.8, 4) is 0 Å². The van der Waals surface area contributed by atoms with Crippen molar-refractivity contribution < 1.29 is 4.79 Å². The van der Waals surface area contributed by atoms with E-state index < -0.39 is 0 Å². The molecule has 7 heteroatoms. The first-order chi connectivity index (χ1) is 10.1. The van der Waals surface area contributed by atoms with Crippen molar-refractivity contribution in [2.75, 3.05) is 20.6 Å². The van der Waals surface area contributed by atoms with Gasteiger partial charge < -0.3 is 15.5 Å². The molecule has 0 aliphatic heterocycles. The van der Waals surface area contributed by atoms with Crippen LogP contribution in [0.5, 0.6) is 0 Å². The van der Waals surface area contributed by atoms with E-state index in [0.717, 1.165) is 12.5 Å². The average molecular weight is 436 g/mol. The summed E-state index contributed by atoms with van der Waals surface area (Å²) in [5.74, 6) is 0.754. The van der Waals surface area contributed by atoms with Crippen LogP contribution in [0.15, 0.2) is 22.5 Å². The number of hydrogen-bond donors (Lipinski definition) is 2. The molecule has 22 heavy (non-hydrogen) atoms. The maximum Gasteiger partial charge on any atom is 0.243 e. The molecule has 5 nitrogen and oxygen atoms in total. The Hall–Kier alpha value is -0.830. The second kappa shape index (κ2) is 10.0. The Morgan fingerprint density at radius 1 is 1.41 bits per heavy atom. The van der Waals surface area contributed by atoms with Crippen LogP contribution in [0.25, 0.3) is 0 Å². The molecular weight excluding hydrogens is 411 g/mol. The van der Waals surface area contributed by atoms with Gasteiger partial charge in [0.2, 0.25) is 5.91 Å². The van der Waals surface area contributed by atoms with Gasteiger partial charge >= 0.3 is 0 Å². The molecule has 2 rings (SSSR count). The maximum atomic E-state index is 11.7. The summed E-state index contributed by atoms with van der Waals surface area (Å²) in [5.41, 5.74) is 0. The van der Waals surface area contributed by atoms with Gasteiger partial charge in [-0.1, -0.05) is 18.9 Å². The molecule has 0 spiro atoms. The molecule has 0 unspecified atom stereocenters. The predicted octanol–water partition coefficient (Wildman–Crippen LogP) is 2.43. The summed E-state index contributed by atoms with van der Waals surface area (Å²) in [6.45, 7) is 0.922. The monoisotopic (exact) mass is 436 g/mol. The number of thiophene rings is 1. The van der Waals surface area contributed by atoms with Crippen molar-refractivity contribution >= 4 is 47.2 Å². The smallest absolute Gasteiger partial charge is 0.243 e. The van der Waals surface area contributed by atoms with E-state index in [1.54, 1.807) is 30.3 Å². The minimum Gasteiger partial charge on any atom is -0.354 e. The average Bonchev–Trinajstić information content (AvgIpc) is 3.14. The molecule has 2 N–H and O–H groups in total. The summed E-state index contributed by atoms with van der Waals surface area (Å²) in [6, 6.07) is 4.61. The Morgan fingerprint density at radius 2 is 2.14 bits per heavy atom. The molecule has 1 fully saturated rings. The SMILES string of the molecule is CN(C)C(=O)CN=C(NCc1cccs1)NC1CCCC1.I. The van der Waals surface area contributed by atoms with E-state index in [0.29, 0.717) is 6.04 Å². The lowest BCUT2D eigenvalue weighted by atomic mass is 10.2. The Kier molecular flexibility index (Phi) is 8.77. The summed E-state index contributed by atoms with van der Waals surface area (Å²) >= 11 is 1.72. The molecule has 1 aromatic heterocycles. The molecule has 1 heterocycles. The molecule has 1 aromatic rings. The topological polar surface area (TPSA) is 56.7 Å². The normalized spacial score (nSPS) is 15.3. The molecule has 1 amide bonds. The number of guanidine groups is 1. The highest BCUT2D eigenvalue weighted by Crippen LogP contribution is 2.17. The van der Waals surface area contributed by atoms with Gasteiger partial charge in [-0.3, -0.25) is 4.79 Å². The third-order valence-electron chi connectivity index (χ3n) is 3.58. The van der Waals surface area contributed by atoms with E-state index >= 15 is 0 Å². The van der Waals surface area contributed by atoms with E-state index in [-0.39, 0.29) is 36.4 Å². The quantitative estimate of drug-likeness (QED) is 0.424. The second-order valence-corrected chi connectivity index (χ2v) is 6.54. The summed E-state index contributed by atoms with van der Waals surface area (Å²) in [7, 11) is 3.50. The zero-order chi connectivity index (χ0) is 15.1. The number of aliphatic imine (C=N–C) groups is 1. The van der Waals surface area contributed by atoms with Crippen LogP contribution in [0.2, 0.25) is 0 Å². The highest BCUT2D eigenvalue weighted by atomic mass is 127. The van der Waals surface area contributed by atoms with Gasteiger partial charge in [0, 0.05) is 25.0 Å². The van der Waals surface area contributed by atoms with Crippen LogP contribution in [0.4, 0.5) is 0 Å². The van der Waals surface area contributed by atoms with Gasteiger partial charge in [0.15, 0.2) is 5.96 Å². The number of likely N-dealkylation sites (N-methyl/N-ethyl adjacent to an activating group) is 1. The lowest BCUT2D eigenvalue weighted by molar-refractivity contribution is -0.127. The Balaban J connectivity index is 0.00000242.